The van der Waals surface area contributed by atoms with Crippen LogP contribution in [0.4, 0.5) is 0 Å². The number of rotatable bonds is 3. The zero-order chi connectivity index (χ0) is 12.4. The van der Waals surface area contributed by atoms with Crippen molar-refractivity contribution in [2.75, 3.05) is 6.61 Å². The van der Waals surface area contributed by atoms with E-state index in [1.807, 2.05) is 6.20 Å². The Morgan fingerprint density at radius 1 is 1.17 bits per heavy atom. The van der Waals surface area contributed by atoms with Crippen LogP contribution in [0.1, 0.15) is 68.8 Å². The zero-order valence-electron chi connectivity index (χ0n) is 10.9. The molecule has 3 nitrogen and oxygen atoms in total. The molecule has 3 heteroatoms. The molecule has 0 aromatic carbocycles. The normalized spacial score (nSPS) is 23.6. The minimum absolute atomic E-state index is 0.120. The minimum atomic E-state index is -0.120. The summed E-state index contributed by atoms with van der Waals surface area (Å²) in [4.78, 5) is 9.22. The molecule has 0 unspecified atom stereocenters. The maximum absolute atomic E-state index is 9.61. The van der Waals surface area contributed by atoms with Gasteiger partial charge in [-0.15, -0.1) is 0 Å². The van der Waals surface area contributed by atoms with E-state index in [0.717, 1.165) is 18.7 Å². The molecule has 18 heavy (non-hydrogen) atoms. The van der Waals surface area contributed by atoms with Gasteiger partial charge in [0.1, 0.15) is 5.82 Å². The van der Waals surface area contributed by atoms with Crippen molar-refractivity contribution in [1.29, 1.82) is 0 Å². The molecule has 0 amide bonds. The van der Waals surface area contributed by atoms with Crippen molar-refractivity contribution in [2.45, 2.75) is 62.7 Å². The molecule has 1 N–H and O–H groups in total. The topological polar surface area (TPSA) is 46.0 Å². The van der Waals surface area contributed by atoms with Crippen molar-refractivity contribution in [3.63, 3.8) is 0 Å². The first kappa shape index (κ1) is 12.1. The summed E-state index contributed by atoms with van der Waals surface area (Å²) in [6.07, 6.45) is 11.7. The Labute approximate surface area is 109 Å². The fourth-order valence-corrected chi connectivity index (χ4v) is 3.31. The van der Waals surface area contributed by atoms with Gasteiger partial charge in [0.2, 0.25) is 0 Å². The summed E-state index contributed by atoms with van der Waals surface area (Å²) in [5, 5.41) is 9.61. The quantitative estimate of drug-likeness (QED) is 0.892. The second-order valence-electron chi connectivity index (χ2n) is 5.93. The van der Waals surface area contributed by atoms with Crippen LogP contribution in [0.2, 0.25) is 0 Å². The summed E-state index contributed by atoms with van der Waals surface area (Å²) in [7, 11) is 0. The van der Waals surface area contributed by atoms with Crippen LogP contribution in [0.25, 0.3) is 0 Å². The van der Waals surface area contributed by atoms with E-state index in [0.29, 0.717) is 5.92 Å². The Balaban J connectivity index is 1.84. The molecule has 2 fully saturated rings. The third kappa shape index (κ3) is 2.05. The van der Waals surface area contributed by atoms with Crippen LogP contribution in [0, 0.1) is 0 Å². The lowest BCUT2D eigenvalue weighted by atomic mass is 9.68. The van der Waals surface area contributed by atoms with Gasteiger partial charge in [-0.2, -0.15) is 0 Å². The maximum Gasteiger partial charge on any atom is 0.136 e. The highest BCUT2D eigenvalue weighted by atomic mass is 16.3. The van der Waals surface area contributed by atoms with Crippen molar-refractivity contribution in [1.82, 2.24) is 9.97 Å². The number of aliphatic hydroxyl groups is 1. The molecule has 98 valence electrons. The Hall–Kier alpha value is -0.960. The Bertz CT molecular complexity index is 403. The summed E-state index contributed by atoms with van der Waals surface area (Å²) in [6, 6.07) is 2.07. The lowest BCUT2D eigenvalue weighted by Crippen LogP contribution is -2.40. The van der Waals surface area contributed by atoms with Gasteiger partial charge in [0.05, 0.1) is 12.0 Å². The molecule has 3 rings (SSSR count). The first-order valence-electron chi connectivity index (χ1n) is 7.28. The van der Waals surface area contributed by atoms with Crippen molar-refractivity contribution in [3.05, 3.63) is 23.8 Å². The standard InChI is InChI=1S/C15H22N2O/c18-11-15(8-4-9-15)14-16-10-7-13(17-14)12-5-2-1-3-6-12/h7,10,12,18H,1-6,8-9,11H2. The molecule has 2 aliphatic rings. The predicted molar refractivity (Wildman–Crippen MR) is 70.5 cm³/mol. The molecule has 1 heterocycles. The molecule has 0 atom stereocenters. The van der Waals surface area contributed by atoms with Crippen LogP contribution in [0.5, 0.6) is 0 Å². The fourth-order valence-electron chi connectivity index (χ4n) is 3.31. The van der Waals surface area contributed by atoms with Crippen LogP contribution >= 0.6 is 0 Å². The molecule has 0 radical (unpaired) electrons. The van der Waals surface area contributed by atoms with Crippen LogP contribution in [-0.2, 0) is 5.41 Å². The number of aromatic nitrogens is 2. The van der Waals surface area contributed by atoms with Gasteiger partial charge < -0.3 is 5.11 Å². The third-order valence-electron chi connectivity index (χ3n) is 4.79. The first-order chi connectivity index (χ1) is 8.84. The molecule has 0 spiro atoms. The molecule has 0 bridgehead atoms. The van der Waals surface area contributed by atoms with Gasteiger partial charge in [-0.1, -0.05) is 25.7 Å². The van der Waals surface area contributed by atoms with Crippen LogP contribution in [0.3, 0.4) is 0 Å². The van der Waals surface area contributed by atoms with Gasteiger partial charge >= 0.3 is 0 Å². The van der Waals surface area contributed by atoms with E-state index in [1.165, 1.54) is 44.2 Å². The monoisotopic (exact) mass is 246 g/mol. The van der Waals surface area contributed by atoms with E-state index >= 15 is 0 Å². The summed E-state index contributed by atoms with van der Waals surface area (Å²) >= 11 is 0. The summed E-state index contributed by atoms with van der Waals surface area (Å²) in [5.74, 6) is 1.51. The SMILES string of the molecule is OCC1(c2nccc(C3CCCCC3)n2)CCC1. The predicted octanol–water partition coefficient (Wildman–Crippen LogP) is 2.94. The largest absolute Gasteiger partial charge is 0.395 e. The van der Waals surface area contributed by atoms with E-state index in [9.17, 15) is 5.11 Å². The lowest BCUT2D eigenvalue weighted by Gasteiger charge is -2.38. The molecular weight excluding hydrogens is 224 g/mol. The summed E-state index contributed by atoms with van der Waals surface area (Å²) in [6.45, 7) is 0.196. The van der Waals surface area contributed by atoms with Crippen molar-refractivity contribution < 1.29 is 5.11 Å². The van der Waals surface area contributed by atoms with E-state index in [-0.39, 0.29) is 12.0 Å². The van der Waals surface area contributed by atoms with Gasteiger partial charge in [0.25, 0.3) is 0 Å². The second-order valence-corrected chi connectivity index (χ2v) is 5.93. The van der Waals surface area contributed by atoms with Crippen molar-refractivity contribution in [2.24, 2.45) is 0 Å². The highest BCUT2D eigenvalue weighted by Gasteiger charge is 2.41. The maximum atomic E-state index is 9.61. The van der Waals surface area contributed by atoms with E-state index in [2.05, 4.69) is 11.1 Å². The Kier molecular flexibility index (Phi) is 3.33. The Morgan fingerprint density at radius 2 is 1.94 bits per heavy atom. The zero-order valence-corrected chi connectivity index (χ0v) is 10.9. The van der Waals surface area contributed by atoms with Crippen LogP contribution in [0.15, 0.2) is 12.3 Å². The van der Waals surface area contributed by atoms with E-state index < -0.39 is 0 Å². The average Bonchev–Trinajstić information content (AvgIpc) is 2.40. The van der Waals surface area contributed by atoms with Gasteiger partial charge in [-0.05, 0) is 31.7 Å². The van der Waals surface area contributed by atoms with Crippen molar-refractivity contribution in [3.8, 4) is 0 Å². The highest BCUT2D eigenvalue weighted by molar-refractivity contribution is 5.18. The molecule has 2 aliphatic carbocycles. The number of aliphatic hydroxyl groups excluding tert-OH is 1. The van der Waals surface area contributed by atoms with E-state index in [1.54, 1.807) is 0 Å². The second kappa shape index (κ2) is 4.96. The Morgan fingerprint density at radius 3 is 2.56 bits per heavy atom. The van der Waals surface area contributed by atoms with Gasteiger partial charge in [0.15, 0.2) is 0 Å². The van der Waals surface area contributed by atoms with Gasteiger partial charge in [-0.25, -0.2) is 9.97 Å². The molecule has 1 aromatic rings. The molecular formula is C15H22N2O. The van der Waals surface area contributed by atoms with Crippen LogP contribution in [-0.4, -0.2) is 21.7 Å². The molecule has 0 aliphatic heterocycles. The smallest absolute Gasteiger partial charge is 0.136 e. The summed E-state index contributed by atoms with van der Waals surface area (Å²) in [5.41, 5.74) is 1.09. The molecule has 1 aromatic heterocycles. The van der Waals surface area contributed by atoms with E-state index in [4.69, 9.17) is 4.98 Å². The minimum Gasteiger partial charge on any atom is -0.395 e. The van der Waals surface area contributed by atoms with Crippen molar-refractivity contribution >= 4 is 0 Å². The molecule has 0 saturated heterocycles. The molecule has 2 saturated carbocycles. The lowest BCUT2D eigenvalue weighted by molar-refractivity contribution is 0.111. The van der Waals surface area contributed by atoms with Crippen LogP contribution < -0.4 is 0 Å². The van der Waals surface area contributed by atoms with Gasteiger partial charge in [-0.3, -0.25) is 0 Å². The third-order valence-corrected chi connectivity index (χ3v) is 4.79. The average molecular weight is 246 g/mol. The highest BCUT2D eigenvalue weighted by Crippen LogP contribution is 2.42. The summed E-state index contributed by atoms with van der Waals surface area (Å²) < 4.78 is 0. The first-order valence-corrected chi connectivity index (χ1v) is 7.28. The number of hydrogen-bond donors (Lipinski definition) is 1. The number of nitrogens with zero attached hydrogens (tertiary/aromatic N) is 2. The number of hydrogen-bond acceptors (Lipinski definition) is 3. The fraction of sp³-hybridized carbons (Fsp3) is 0.733. The van der Waals surface area contributed by atoms with Gasteiger partial charge in [0, 0.05) is 17.8 Å².